The van der Waals surface area contributed by atoms with Gasteiger partial charge in [0.05, 0.1) is 5.56 Å². The Labute approximate surface area is 161 Å². The van der Waals surface area contributed by atoms with E-state index in [2.05, 4.69) is 10.1 Å². The summed E-state index contributed by atoms with van der Waals surface area (Å²) in [6.07, 6.45) is -3.06. The van der Waals surface area contributed by atoms with Crippen molar-refractivity contribution in [3.8, 4) is 5.75 Å². The van der Waals surface area contributed by atoms with Crippen LogP contribution in [0.1, 0.15) is 22.4 Å². The van der Waals surface area contributed by atoms with E-state index >= 15 is 0 Å². The second-order valence-electron chi connectivity index (χ2n) is 6.39. The normalized spacial score (nSPS) is 13.9. The third-order valence-corrected chi connectivity index (χ3v) is 4.47. The van der Waals surface area contributed by atoms with E-state index < -0.39 is 34.7 Å². The lowest BCUT2D eigenvalue weighted by molar-refractivity contribution is -0.146. The minimum atomic E-state index is -4.47. The van der Waals surface area contributed by atoms with E-state index in [4.69, 9.17) is 5.73 Å². The number of aryl methyl sites for hydroxylation is 2. The molecule has 152 valence electrons. The Balaban J connectivity index is 1.99. The summed E-state index contributed by atoms with van der Waals surface area (Å²) >= 11 is 0. The third-order valence-electron chi connectivity index (χ3n) is 4.47. The lowest BCUT2D eigenvalue weighted by Gasteiger charge is -2.21. The molecule has 2 heterocycles. The number of carboxylic acids is 1. The smallest absolute Gasteiger partial charge is 0.416 e. The number of carbonyl (C=O) groups excluding carboxylic acids is 1. The Bertz CT molecular complexity index is 1100. The number of aliphatic carboxylic acids is 1. The van der Waals surface area contributed by atoms with E-state index in [0.29, 0.717) is 11.1 Å². The standard InChI is InChI=1S/C18H15F3N4O4/c19-18(20,21)12-3-1-2-10(6-12)4-5-11-7-13(27)14(17(22,8-26)16(28)29)25-15(11)23-9-24-25/h1-3,6-9,27H,4-5,22H2,(H,28,29). The van der Waals surface area contributed by atoms with Crippen molar-refractivity contribution in [2.75, 3.05) is 0 Å². The average Bonchev–Trinajstić information content (AvgIpc) is 3.14. The molecule has 3 aromatic rings. The molecular weight excluding hydrogens is 393 g/mol. The number of fused-ring (bicyclic) bond motifs is 1. The summed E-state index contributed by atoms with van der Waals surface area (Å²) in [6.45, 7) is 0. The van der Waals surface area contributed by atoms with Crippen LogP contribution >= 0.6 is 0 Å². The maximum absolute atomic E-state index is 12.9. The Morgan fingerprint density at radius 1 is 1.24 bits per heavy atom. The van der Waals surface area contributed by atoms with Crippen LogP contribution < -0.4 is 5.73 Å². The van der Waals surface area contributed by atoms with Gasteiger partial charge in [0, 0.05) is 5.56 Å². The molecule has 0 saturated heterocycles. The monoisotopic (exact) mass is 408 g/mol. The minimum absolute atomic E-state index is 0.0339. The Kier molecular flexibility index (Phi) is 5.01. The largest absolute Gasteiger partial charge is 0.506 e. The molecule has 8 nitrogen and oxygen atoms in total. The number of alkyl halides is 3. The Hall–Kier alpha value is -3.47. The van der Waals surface area contributed by atoms with Gasteiger partial charge < -0.3 is 20.7 Å². The molecule has 0 aliphatic heterocycles. The van der Waals surface area contributed by atoms with Crippen LogP contribution in [0.25, 0.3) is 5.65 Å². The fourth-order valence-electron chi connectivity index (χ4n) is 2.99. The molecule has 0 amide bonds. The average molecular weight is 408 g/mol. The number of hydrogen-bond donors (Lipinski definition) is 3. The van der Waals surface area contributed by atoms with Crippen molar-refractivity contribution in [3.63, 3.8) is 0 Å². The number of halogens is 3. The van der Waals surface area contributed by atoms with E-state index in [1.54, 1.807) is 0 Å². The molecule has 0 fully saturated rings. The number of carbonyl (C=O) groups is 2. The first kappa shape index (κ1) is 20.3. The molecule has 1 unspecified atom stereocenters. The summed E-state index contributed by atoms with van der Waals surface area (Å²) in [5.74, 6) is -2.30. The summed E-state index contributed by atoms with van der Waals surface area (Å²) in [5, 5.41) is 23.5. The molecule has 11 heteroatoms. The summed E-state index contributed by atoms with van der Waals surface area (Å²) in [5.41, 5.74) is 2.75. The Morgan fingerprint density at radius 2 is 1.97 bits per heavy atom. The van der Waals surface area contributed by atoms with Crippen LogP contribution in [0.15, 0.2) is 36.7 Å². The fraction of sp³-hybridized carbons (Fsp3) is 0.222. The molecule has 0 bridgehead atoms. The van der Waals surface area contributed by atoms with Crippen molar-refractivity contribution in [1.82, 2.24) is 14.6 Å². The molecule has 0 aliphatic carbocycles. The number of pyridine rings is 1. The molecule has 4 N–H and O–H groups in total. The van der Waals surface area contributed by atoms with E-state index in [1.807, 2.05) is 0 Å². The zero-order valence-electron chi connectivity index (χ0n) is 14.7. The molecule has 2 aromatic heterocycles. The summed E-state index contributed by atoms with van der Waals surface area (Å²) in [7, 11) is 0. The van der Waals surface area contributed by atoms with Gasteiger partial charge in [-0.25, -0.2) is 14.3 Å². The number of nitrogens with zero attached hydrogens (tertiary/aromatic N) is 3. The zero-order valence-corrected chi connectivity index (χ0v) is 14.7. The van der Waals surface area contributed by atoms with E-state index in [0.717, 1.165) is 23.0 Å². The van der Waals surface area contributed by atoms with Gasteiger partial charge in [0.15, 0.2) is 11.9 Å². The highest BCUT2D eigenvalue weighted by atomic mass is 19.4. The van der Waals surface area contributed by atoms with Crippen LogP contribution in [0.4, 0.5) is 13.2 Å². The van der Waals surface area contributed by atoms with Crippen molar-refractivity contribution in [1.29, 1.82) is 0 Å². The molecular formula is C18H15F3N4O4. The SMILES string of the molecule is NC(C=O)(C(=O)O)c1c(O)cc(CCc2cccc(C(F)(F)F)c2)c2ncnn12. The molecule has 0 aliphatic rings. The number of aldehydes is 1. The van der Waals surface area contributed by atoms with Gasteiger partial charge in [0.2, 0.25) is 5.54 Å². The number of nitrogens with two attached hydrogens (primary N) is 1. The first-order valence-electron chi connectivity index (χ1n) is 8.27. The van der Waals surface area contributed by atoms with Gasteiger partial charge in [-0.05, 0) is 30.5 Å². The van der Waals surface area contributed by atoms with Gasteiger partial charge in [-0.3, -0.25) is 0 Å². The van der Waals surface area contributed by atoms with Crippen LogP contribution in [0, 0.1) is 0 Å². The second-order valence-corrected chi connectivity index (χ2v) is 6.39. The highest BCUT2D eigenvalue weighted by molar-refractivity contribution is 5.98. The second kappa shape index (κ2) is 7.17. The fourth-order valence-corrected chi connectivity index (χ4v) is 2.99. The summed E-state index contributed by atoms with van der Waals surface area (Å²) < 4.78 is 39.5. The molecule has 0 spiro atoms. The van der Waals surface area contributed by atoms with Crippen LogP contribution in [0.3, 0.4) is 0 Å². The first-order valence-corrected chi connectivity index (χ1v) is 8.27. The maximum atomic E-state index is 12.9. The van der Waals surface area contributed by atoms with Crippen molar-refractivity contribution in [2.45, 2.75) is 24.6 Å². The highest BCUT2D eigenvalue weighted by Gasteiger charge is 2.41. The topological polar surface area (TPSA) is 131 Å². The number of carboxylic acid groups (broad SMARTS) is 1. The maximum Gasteiger partial charge on any atom is 0.416 e. The lowest BCUT2D eigenvalue weighted by atomic mass is 9.95. The van der Waals surface area contributed by atoms with Gasteiger partial charge in [0.25, 0.3) is 0 Å². The first-order chi connectivity index (χ1) is 13.6. The van der Waals surface area contributed by atoms with Crippen LogP contribution in [-0.4, -0.2) is 37.1 Å². The number of rotatable bonds is 6. The predicted octanol–water partition coefficient (Wildman–Crippen LogP) is 1.68. The third kappa shape index (κ3) is 3.63. The minimum Gasteiger partial charge on any atom is -0.506 e. The van der Waals surface area contributed by atoms with Gasteiger partial charge in [-0.2, -0.15) is 18.3 Å². The molecule has 0 radical (unpaired) electrons. The Morgan fingerprint density at radius 3 is 2.59 bits per heavy atom. The van der Waals surface area contributed by atoms with E-state index in [9.17, 15) is 33.0 Å². The van der Waals surface area contributed by atoms with Crippen LogP contribution in [0.5, 0.6) is 5.75 Å². The van der Waals surface area contributed by atoms with Crippen molar-refractivity contribution < 1.29 is 33.0 Å². The van der Waals surface area contributed by atoms with Crippen LogP contribution in [-0.2, 0) is 34.1 Å². The molecule has 0 saturated carbocycles. The summed E-state index contributed by atoms with van der Waals surface area (Å²) in [4.78, 5) is 26.8. The molecule has 29 heavy (non-hydrogen) atoms. The zero-order chi connectivity index (χ0) is 21.4. The van der Waals surface area contributed by atoms with Gasteiger partial charge in [-0.1, -0.05) is 18.2 Å². The number of aromatic hydroxyl groups is 1. The highest BCUT2D eigenvalue weighted by Crippen LogP contribution is 2.31. The quantitative estimate of drug-likeness (QED) is 0.418. The van der Waals surface area contributed by atoms with Gasteiger partial charge >= 0.3 is 12.1 Å². The van der Waals surface area contributed by atoms with Gasteiger partial charge in [0.1, 0.15) is 17.8 Å². The van der Waals surface area contributed by atoms with E-state index in [-0.39, 0.29) is 24.8 Å². The van der Waals surface area contributed by atoms with Crippen molar-refractivity contribution in [3.05, 3.63) is 59.0 Å². The van der Waals surface area contributed by atoms with Crippen molar-refractivity contribution in [2.24, 2.45) is 5.73 Å². The number of benzene rings is 1. The number of hydrogen-bond acceptors (Lipinski definition) is 6. The van der Waals surface area contributed by atoms with Crippen LogP contribution in [0.2, 0.25) is 0 Å². The molecule has 1 aromatic carbocycles. The summed E-state index contributed by atoms with van der Waals surface area (Å²) in [6, 6.07) is 6.00. The number of aromatic nitrogens is 3. The predicted molar refractivity (Wildman–Crippen MR) is 93.1 cm³/mol. The van der Waals surface area contributed by atoms with Gasteiger partial charge in [-0.15, -0.1) is 0 Å². The molecule has 3 rings (SSSR count). The van der Waals surface area contributed by atoms with Crippen molar-refractivity contribution >= 4 is 17.9 Å². The molecule has 1 atom stereocenters. The lowest BCUT2D eigenvalue weighted by Crippen LogP contribution is -2.48. The van der Waals surface area contributed by atoms with E-state index in [1.165, 1.54) is 18.2 Å².